The standard InChI is InChI=1S/C31H31N7O4S/c1-3-23(39)37-21-5-4-6-22(21)38-30(41)28-25-24-19(9-10-20(32)27(24)43-28)31(34,29(40)26(25)33)18-8-7-16(11-15(18)2)42-17-12-35-14-36-13-17/h3,7-14,21-22,26H,1,4-6,32-34H2,2H3,(H,37,39)(H,38,41)/t21-,22+,26?,31?/m0/s1. The first-order valence-corrected chi connectivity index (χ1v) is 14.7. The quantitative estimate of drug-likeness (QED) is 0.157. The van der Waals surface area contributed by atoms with Crippen LogP contribution in [0.5, 0.6) is 11.5 Å². The van der Waals surface area contributed by atoms with Crippen molar-refractivity contribution in [2.24, 2.45) is 11.5 Å². The van der Waals surface area contributed by atoms with Gasteiger partial charge in [-0.25, -0.2) is 9.97 Å². The van der Waals surface area contributed by atoms with Gasteiger partial charge in [-0.3, -0.25) is 14.4 Å². The van der Waals surface area contributed by atoms with Crippen LogP contribution in [-0.4, -0.2) is 39.6 Å². The Morgan fingerprint density at radius 3 is 2.49 bits per heavy atom. The zero-order valence-electron chi connectivity index (χ0n) is 23.4. The minimum absolute atomic E-state index is 0.225. The van der Waals surface area contributed by atoms with Crippen LogP contribution in [0.15, 0.2) is 61.7 Å². The van der Waals surface area contributed by atoms with Gasteiger partial charge >= 0.3 is 0 Å². The largest absolute Gasteiger partial charge is 0.454 e. The Labute approximate surface area is 251 Å². The lowest BCUT2D eigenvalue weighted by atomic mass is 9.69. The van der Waals surface area contributed by atoms with Crippen LogP contribution in [0.3, 0.4) is 0 Å². The molecule has 2 unspecified atom stereocenters. The van der Waals surface area contributed by atoms with Crippen molar-refractivity contribution >= 4 is 44.7 Å². The molecule has 2 aliphatic rings. The highest BCUT2D eigenvalue weighted by atomic mass is 32.1. The van der Waals surface area contributed by atoms with Gasteiger partial charge in [0.1, 0.15) is 17.6 Å². The summed E-state index contributed by atoms with van der Waals surface area (Å²) in [5.41, 5.74) is 21.2. The second kappa shape index (κ2) is 10.9. The van der Waals surface area contributed by atoms with Crippen LogP contribution in [0, 0.1) is 6.92 Å². The number of nitrogen functional groups attached to an aromatic ring is 1. The first kappa shape index (κ1) is 28.5. The molecule has 2 aromatic heterocycles. The lowest BCUT2D eigenvalue weighted by molar-refractivity contribution is -0.124. The van der Waals surface area contributed by atoms with E-state index < -0.39 is 17.4 Å². The number of nitrogens with one attached hydrogen (secondary N) is 2. The molecule has 11 nitrogen and oxygen atoms in total. The zero-order chi connectivity index (χ0) is 30.5. The molecule has 0 radical (unpaired) electrons. The summed E-state index contributed by atoms with van der Waals surface area (Å²) in [7, 11) is 0. The zero-order valence-corrected chi connectivity index (χ0v) is 24.2. The first-order valence-electron chi connectivity index (χ1n) is 13.8. The first-order chi connectivity index (χ1) is 20.6. The summed E-state index contributed by atoms with van der Waals surface area (Å²) in [5.74, 6) is -0.116. The number of hydrogen-bond acceptors (Lipinski definition) is 10. The van der Waals surface area contributed by atoms with E-state index in [-0.39, 0.29) is 23.9 Å². The molecule has 2 aromatic carbocycles. The Balaban J connectivity index is 1.40. The minimum Gasteiger partial charge on any atom is -0.454 e. The highest BCUT2D eigenvalue weighted by molar-refractivity contribution is 7.21. The van der Waals surface area contributed by atoms with E-state index in [0.29, 0.717) is 60.8 Å². The molecule has 12 heteroatoms. The summed E-state index contributed by atoms with van der Waals surface area (Å²) >= 11 is 1.19. The third kappa shape index (κ3) is 4.73. The Morgan fingerprint density at radius 1 is 1.09 bits per heavy atom. The van der Waals surface area contributed by atoms with Crippen LogP contribution >= 0.6 is 11.3 Å². The van der Waals surface area contributed by atoms with Crippen molar-refractivity contribution in [3.8, 4) is 11.5 Å². The average molecular weight is 598 g/mol. The summed E-state index contributed by atoms with van der Waals surface area (Å²) < 4.78 is 6.51. The maximum Gasteiger partial charge on any atom is 0.262 e. The van der Waals surface area contributed by atoms with E-state index in [4.69, 9.17) is 21.9 Å². The maximum absolute atomic E-state index is 14.2. The lowest BCUT2D eigenvalue weighted by Crippen LogP contribution is -2.53. The number of amides is 2. The second-order valence-electron chi connectivity index (χ2n) is 10.9. The van der Waals surface area contributed by atoms with E-state index in [1.54, 1.807) is 42.7 Å². The topological polar surface area (TPSA) is 188 Å². The van der Waals surface area contributed by atoms with Crippen molar-refractivity contribution < 1.29 is 19.1 Å². The number of benzene rings is 2. The molecule has 43 heavy (non-hydrogen) atoms. The van der Waals surface area contributed by atoms with Crippen LogP contribution in [0.25, 0.3) is 10.1 Å². The summed E-state index contributed by atoms with van der Waals surface area (Å²) in [4.78, 5) is 48.1. The van der Waals surface area contributed by atoms with E-state index in [9.17, 15) is 14.4 Å². The molecule has 0 aliphatic heterocycles. The number of Topliss-reactive ketones (excluding diaryl/α,β-unsaturated/α-hetero) is 1. The number of aryl methyl sites for hydroxylation is 1. The number of rotatable bonds is 7. The van der Waals surface area contributed by atoms with Crippen LogP contribution in [0.1, 0.15) is 57.2 Å². The number of ether oxygens (including phenoxy) is 1. The number of anilines is 1. The van der Waals surface area contributed by atoms with Crippen molar-refractivity contribution in [2.45, 2.75) is 49.9 Å². The number of aromatic nitrogens is 2. The maximum atomic E-state index is 14.2. The number of nitrogens with zero attached hydrogens (tertiary/aromatic N) is 2. The Kier molecular flexibility index (Phi) is 7.20. The van der Waals surface area contributed by atoms with E-state index >= 15 is 0 Å². The van der Waals surface area contributed by atoms with E-state index in [1.165, 1.54) is 23.7 Å². The van der Waals surface area contributed by atoms with Gasteiger partial charge < -0.3 is 32.6 Å². The fourth-order valence-electron chi connectivity index (χ4n) is 6.23. The van der Waals surface area contributed by atoms with Gasteiger partial charge in [0, 0.05) is 28.7 Å². The van der Waals surface area contributed by atoms with Crippen molar-refractivity contribution in [1.29, 1.82) is 0 Å². The van der Waals surface area contributed by atoms with Gasteiger partial charge in [-0.15, -0.1) is 11.3 Å². The predicted octanol–water partition coefficient (Wildman–Crippen LogP) is 3.11. The number of thiophene rings is 1. The van der Waals surface area contributed by atoms with Crippen LogP contribution in [0.2, 0.25) is 0 Å². The van der Waals surface area contributed by atoms with Gasteiger partial charge in [0.05, 0.1) is 28.0 Å². The fourth-order valence-corrected chi connectivity index (χ4v) is 7.43. The van der Waals surface area contributed by atoms with Crippen molar-refractivity contribution in [2.75, 3.05) is 5.73 Å². The molecule has 8 N–H and O–H groups in total. The highest BCUT2D eigenvalue weighted by Crippen LogP contribution is 2.50. The molecule has 1 saturated carbocycles. The highest BCUT2D eigenvalue weighted by Gasteiger charge is 2.49. The summed E-state index contributed by atoms with van der Waals surface area (Å²) in [5, 5.41) is 6.57. The second-order valence-corrected chi connectivity index (χ2v) is 11.9. The van der Waals surface area contributed by atoms with Gasteiger partial charge in [-0.05, 0) is 67.2 Å². The van der Waals surface area contributed by atoms with Crippen LogP contribution in [-0.2, 0) is 15.1 Å². The van der Waals surface area contributed by atoms with E-state index in [0.717, 1.165) is 12.8 Å². The van der Waals surface area contributed by atoms with Gasteiger partial charge in [-0.1, -0.05) is 18.7 Å². The molecule has 4 atom stereocenters. The smallest absolute Gasteiger partial charge is 0.262 e. The molecule has 2 amide bonds. The van der Waals surface area contributed by atoms with Gasteiger partial charge in [-0.2, -0.15) is 0 Å². The van der Waals surface area contributed by atoms with E-state index in [1.807, 2.05) is 6.92 Å². The molecule has 0 bridgehead atoms. The third-order valence-electron chi connectivity index (χ3n) is 8.26. The number of carbonyl (C=O) groups excluding carboxylic acids is 3. The number of nitrogens with two attached hydrogens (primary N) is 3. The normalized spacial score (nSPS) is 22.8. The van der Waals surface area contributed by atoms with Crippen molar-refractivity contribution in [3.63, 3.8) is 0 Å². The molecule has 0 spiro atoms. The molecule has 6 rings (SSSR count). The molecule has 2 aliphatic carbocycles. The van der Waals surface area contributed by atoms with Crippen molar-refractivity contribution in [1.82, 2.24) is 20.6 Å². The number of hydrogen-bond donors (Lipinski definition) is 5. The molecule has 2 heterocycles. The van der Waals surface area contributed by atoms with Gasteiger partial charge in [0.25, 0.3) is 5.91 Å². The number of carbonyl (C=O) groups is 3. The lowest BCUT2D eigenvalue weighted by Gasteiger charge is -2.37. The van der Waals surface area contributed by atoms with Crippen LogP contribution < -0.4 is 32.6 Å². The summed E-state index contributed by atoms with van der Waals surface area (Å²) in [6, 6.07) is 7.03. The Bertz CT molecular complexity index is 1790. The molecule has 0 saturated heterocycles. The van der Waals surface area contributed by atoms with E-state index in [2.05, 4.69) is 27.2 Å². The Hall–Kier alpha value is -4.65. The monoisotopic (exact) mass is 597 g/mol. The summed E-state index contributed by atoms with van der Waals surface area (Å²) in [6.45, 7) is 5.35. The molecular weight excluding hydrogens is 566 g/mol. The molecular formula is C31H31N7O4S. The Morgan fingerprint density at radius 2 is 1.79 bits per heavy atom. The molecule has 220 valence electrons. The molecule has 4 aromatic rings. The fraction of sp³-hybridized carbons (Fsp3) is 0.258. The number of ketones is 1. The average Bonchev–Trinajstić information content (AvgIpc) is 3.61. The molecule has 1 fully saturated rings. The minimum atomic E-state index is -1.60. The summed E-state index contributed by atoms with van der Waals surface area (Å²) in [6.07, 6.45) is 8.00. The van der Waals surface area contributed by atoms with Crippen molar-refractivity contribution in [3.05, 3.63) is 88.8 Å². The van der Waals surface area contributed by atoms with Gasteiger partial charge in [0.2, 0.25) is 5.91 Å². The van der Waals surface area contributed by atoms with Crippen LogP contribution in [0.4, 0.5) is 5.69 Å². The third-order valence-corrected chi connectivity index (χ3v) is 9.51. The SMILES string of the molecule is C=CC(=O)N[C@H]1CCC[C@H]1NC(=O)c1sc2c(N)ccc3c2c1C(N)C(=O)C3(N)c1ccc(Oc2cncnc2)cc1C. The van der Waals surface area contributed by atoms with Gasteiger partial charge in [0.15, 0.2) is 11.5 Å². The predicted molar refractivity (Wildman–Crippen MR) is 164 cm³/mol.